The minimum atomic E-state index is -0.0617. The molecule has 1 unspecified atom stereocenters. The fourth-order valence-electron chi connectivity index (χ4n) is 2.92. The fourth-order valence-corrected chi connectivity index (χ4v) is 2.92. The zero-order chi connectivity index (χ0) is 11.9. The summed E-state index contributed by atoms with van der Waals surface area (Å²) >= 11 is 0. The Morgan fingerprint density at radius 3 is 2.82 bits per heavy atom. The Balaban J connectivity index is 1.94. The SMILES string of the molecule is Nc1ccc2c(c1)C(N)CC1(CCNCC1)O2. The van der Waals surface area contributed by atoms with Gasteiger partial charge in [-0.15, -0.1) is 0 Å². The third-order valence-electron chi connectivity index (χ3n) is 3.87. The van der Waals surface area contributed by atoms with E-state index in [0.717, 1.165) is 49.4 Å². The first-order chi connectivity index (χ1) is 8.19. The largest absolute Gasteiger partial charge is 0.487 e. The van der Waals surface area contributed by atoms with E-state index in [9.17, 15) is 0 Å². The molecular weight excluding hydrogens is 214 g/mol. The Bertz CT molecular complexity index is 427. The lowest BCUT2D eigenvalue weighted by molar-refractivity contribution is 0.00796. The highest BCUT2D eigenvalue weighted by molar-refractivity contribution is 5.50. The molecule has 4 heteroatoms. The second kappa shape index (κ2) is 3.89. The van der Waals surface area contributed by atoms with Gasteiger partial charge in [-0.1, -0.05) is 0 Å². The molecule has 17 heavy (non-hydrogen) atoms. The van der Waals surface area contributed by atoms with Crippen LogP contribution in [0.3, 0.4) is 0 Å². The zero-order valence-corrected chi connectivity index (χ0v) is 9.91. The molecule has 1 atom stereocenters. The number of anilines is 1. The maximum absolute atomic E-state index is 6.26. The van der Waals surface area contributed by atoms with E-state index in [1.807, 2.05) is 18.2 Å². The number of piperidine rings is 1. The van der Waals surface area contributed by atoms with Gasteiger partial charge in [-0.25, -0.2) is 0 Å². The average Bonchev–Trinajstić information content (AvgIpc) is 2.31. The average molecular weight is 233 g/mol. The van der Waals surface area contributed by atoms with Gasteiger partial charge in [0, 0.05) is 23.7 Å². The van der Waals surface area contributed by atoms with Crippen molar-refractivity contribution in [2.45, 2.75) is 30.9 Å². The van der Waals surface area contributed by atoms with E-state index in [1.54, 1.807) is 0 Å². The lowest BCUT2D eigenvalue weighted by atomic mass is 9.81. The van der Waals surface area contributed by atoms with E-state index >= 15 is 0 Å². The lowest BCUT2D eigenvalue weighted by Gasteiger charge is -2.43. The molecule has 0 amide bonds. The van der Waals surface area contributed by atoms with Crippen LogP contribution in [0.15, 0.2) is 18.2 Å². The van der Waals surface area contributed by atoms with Crippen molar-refractivity contribution >= 4 is 5.69 Å². The van der Waals surface area contributed by atoms with Gasteiger partial charge >= 0.3 is 0 Å². The standard InChI is InChI=1S/C13H19N3O/c14-9-1-2-12-10(7-9)11(15)8-13(17-12)3-5-16-6-4-13/h1-2,7,11,16H,3-6,8,14-15H2. The Kier molecular flexibility index (Phi) is 2.49. The van der Waals surface area contributed by atoms with Crippen LogP contribution in [0.4, 0.5) is 5.69 Å². The van der Waals surface area contributed by atoms with Crippen LogP contribution in [0.2, 0.25) is 0 Å². The molecule has 2 heterocycles. The lowest BCUT2D eigenvalue weighted by Crippen LogP contribution is -2.50. The summed E-state index contributed by atoms with van der Waals surface area (Å²) in [6, 6.07) is 5.81. The smallest absolute Gasteiger partial charge is 0.125 e. The quantitative estimate of drug-likeness (QED) is 0.588. The van der Waals surface area contributed by atoms with Crippen molar-refractivity contribution in [3.05, 3.63) is 23.8 Å². The van der Waals surface area contributed by atoms with E-state index in [2.05, 4.69) is 5.32 Å². The third kappa shape index (κ3) is 1.87. The van der Waals surface area contributed by atoms with Gasteiger partial charge in [0.25, 0.3) is 0 Å². The van der Waals surface area contributed by atoms with E-state index in [0.29, 0.717) is 0 Å². The second-order valence-electron chi connectivity index (χ2n) is 5.14. The summed E-state index contributed by atoms with van der Waals surface area (Å²) in [5, 5.41) is 3.36. The van der Waals surface area contributed by atoms with E-state index in [-0.39, 0.29) is 11.6 Å². The fraction of sp³-hybridized carbons (Fsp3) is 0.538. The Labute approximate surface area is 101 Å². The van der Waals surface area contributed by atoms with Crippen LogP contribution < -0.4 is 21.5 Å². The van der Waals surface area contributed by atoms with Gasteiger partial charge in [0.2, 0.25) is 0 Å². The third-order valence-corrected chi connectivity index (χ3v) is 3.87. The molecule has 2 aliphatic rings. The van der Waals surface area contributed by atoms with Gasteiger partial charge < -0.3 is 21.5 Å². The molecule has 1 aromatic rings. The van der Waals surface area contributed by atoms with Crippen molar-refractivity contribution in [1.29, 1.82) is 0 Å². The van der Waals surface area contributed by atoms with Crippen molar-refractivity contribution in [2.24, 2.45) is 5.73 Å². The Morgan fingerprint density at radius 2 is 2.06 bits per heavy atom. The highest BCUT2D eigenvalue weighted by Gasteiger charge is 2.40. The maximum atomic E-state index is 6.26. The van der Waals surface area contributed by atoms with Crippen LogP contribution in [0.25, 0.3) is 0 Å². The number of nitrogen functional groups attached to an aromatic ring is 1. The number of fused-ring (bicyclic) bond motifs is 1. The molecule has 0 aromatic heterocycles. The summed E-state index contributed by atoms with van der Waals surface area (Å²) in [5.41, 5.74) is 13.8. The number of benzene rings is 1. The van der Waals surface area contributed by atoms with Gasteiger partial charge in [-0.05, 0) is 44.1 Å². The molecule has 4 nitrogen and oxygen atoms in total. The van der Waals surface area contributed by atoms with Gasteiger partial charge in [0.1, 0.15) is 11.4 Å². The summed E-state index contributed by atoms with van der Waals surface area (Å²) in [7, 11) is 0. The summed E-state index contributed by atoms with van der Waals surface area (Å²) in [6.07, 6.45) is 2.96. The Morgan fingerprint density at radius 1 is 1.29 bits per heavy atom. The van der Waals surface area contributed by atoms with E-state index in [4.69, 9.17) is 16.2 Å². The highest BCUT2D eigenvalue weighted by Crippen LogP contribution is 2.42. The molecule has 5 N–H and O–H groups in total. The molecule has 0 aliphatic carbocycles. The van der Waals surface area contributed by atoms with Crippen LogP contribution in [0.1, 0.15) is 30.9 Å². The number of ether oxygens (including phenoxy) is 1. The van der Waals surface area contributed by atoms with Crippen LogP contribution in [-0.4, -0.2) is 18.7 Å². The van der Waals surface area contributed by atoms with Gasteiger partial charge in [0.15, 0.2) is 0 Å². The first-order valence-electron chi connectivity index (χ1n) is 6.23. The molecule has 1 fully saturated rings. The van der Waals surface area contributed by atoms with Crippen LogP contribution in [0.5, 0.6) is 5.75 Å². The molecule has 1 saturated heterocycles. The molecule has 0 saturated carbocycles. The van der Waals surface area contributed by atoms with Crippen LogP contribution in [0, 0.1) is 0 Å². The molecule has 1 spiro atoms. The summed E-state index contributed by atoms with van der Waals surface area (Å²) < 4.78 is 6.21. The minimum Gasteiger partial charge on any atom is -0.487 e. The number of hydrogen-bond acceptors (Lipinski definition) is 4. The van der Waals surface area contributed by atoms with Crippen molar-refractivity contribution in [1.82, 2.24) is 5.32 Å². The van der Waals surface area contributed by atoms with E-state index < -0.39 is 0 Å². The van der Waals surface area contributed by atoms with Crippen molar-refractivity contribution in [3.8, 4) is 5.75 Å². The summed E-state index contributed by atoms with van der Waals surface area (Å²) in [4.78, 5) is 0. The van der Waals surface area contributed by atoms with Crippen LogP contribution in [-0.2, 0) is 0 Å². The number of nitrogens with two attached hydrogens (primary N) is 2. The minimum absolute atomic E-state index is 0.0420. The normalized spacial score (nSPS) is 26.3. The zero-order valence-electron chi connectivity index (χ0n) is 9.91. The summed E-state index contributed by atoms with van der Waals surface area (Å²) in [6.45, 7) is 2.02. The molecule has 3 rings (SSSR count). The molecular formula is C13H19N3O. The number of rotatable bonds is 0. The second-order valence-corrected chi connectivity index (χ2v) is 5.14. The number of nitrogens with one attached hydrogen (secondary N) is 1. The Hall–Kier alpha value is -1.26. The van der Waals surface area contributed by atoms with E-state index in [1.165, 1.54) is 0 Å². The van der Waals surface area contributed by atoms with Crippen molar-refractivity contribution in [3.63, 3.8) is 0 Å². The molecule has 0 bridgehead atoms. The molecule has 92 valence electrons. The molecule has 1 aromatic carbocycles. The van der Waals surface area contributed by atoms with Crippen molar-refractivity contribution < 1.29 is 4.74 Å². The van der Waals surface area contributed by atoms with Gasteiger partial charge in [-0.3, -0.25) is 0 Å². The monoisotopic (exact) mass is 233 g/mol. The first kappa shape index (κ1) is 10.9. The highest BCUT2D eigenvalue weighted by atomic mass is 16.5. The maximum Gasteiger partial charge on any atom is 0.125 e. The van der Waals surface area contributed by atoms with Gasteiger partial charge in [0.05, 0.1) is 0 Å². The summed E-state index contributed by atoms with van der Waals surface area (Å²) in [5.74, 6) is 0.917. The number of hydrogen-bond donors (Lipinski definition) is 3. The predicted octanol–water partition coefficient (Wildman–Crippen LogP) is 1.17. The van der Waals surface area contributed by atoms with Gasteiger partial charge in [-0.2, -0.15) is 0 Å². The molecule has 2 aliphatic heterocycles. The van der Waals surface area contributed by atoms with Crippen molar-refractivity contribution in [2.75, 3.05) is 18.8 Å². The van der Waals surface area contributed by atoms with Crippen LogP contribution >= 0.6 is 0 Å². The predicted molar refractivity (Wildman–Crippen MR) is 67.9 cm³/mol. The first-order valence-corrected chi connectivity index (χ1v) is 6.23. The molecule has 0 radical (unpaired) electrons. The topological polar surface area (TPSA) is 73.3 Å².